The summed E-state index contributed by atoms with van der Waals surface area (Å²) >= 11 is 5.78. The third-order valence-corrected chi connectivity index (χ3v) is 2.76. The highest BCUT2D eigenvalue weighted by atomic mass is 35.5. The minimum atomic E-state index is -0.458. The van der Waals surface area contributed by atoms with Crippen LogP contribution in [0.4, 0.5) is 5.69 Å². The number of anilines is 1. The molecular formula is C10H12ClNO. The SMILES string of the molecule is Nc1cc(CC2(O)CC2)ccc1Cl. The largest absolute Gasteiger partial charge is 0.398 e. The van der Waals surface area contributed by atoms with E-state index in [1.54, 1.807) is 6.07 Å². The average Bonchev–Trinajstić information content (AvgIpc) is 2.76. The maximum Gasteiger partial charge on any atom is 0.0690 e. The number of aliphatic hydroxyl groups is 1. The third kappa shape index (κ3) is 1.95. The Hall–Kier alpha value is -0.730. The molecule has 0 spiro atoms. The summed E-state index contributed by atoms with van der Waals surface area (Å²) in [4.78, 5) is 0. The monoisotopic (exact) mass is 197 g/mol. The molecule has 1 aromatic carbocycles. The van der Waals surface area contributed by atoms with Crippen LogP contribution in [0.15, 0.2) is 18.2 Å². The van der Waals surface area contributed by atoms with Crippen molar-refractivity contribution < 1.29 is 5.11 Å². The first-order chi connectivity index (χ1) is 6.09. The average molecular weight is 198 g/mol. The van der Waals surface area contributed by atoms with Gasteiger partial charge in [0.15, 0.2) is 0 Å². The first-order valence-electron chi connectivity index (χ1n) is 4.35. The van der Waals surface area contributed by atoms with Crippen LogP contribution in [0.1, 0.15) is 18.4 Å². The van der Waals surface area contributed by atoms with Crippen LogP contribution in [0.5, 0.6) is 0 Å². The molecule has 0 unspecified atom stereocenters. The first-order valence-corrected chi connectivity index (χ1v) is 4.73. The molecule has 70 valence electrons. The smallest absolute Gasteiger partial charge is 0.0690 e. The zero-order chi connectivity index (χ0) is 9.47. The van der Waals surface area contributed by atoms with Gasteiger partial charge >= 0.3 is 0 Å². The van der Waals surface area contributed by atoms with Crippen LogP contribution in [-0.2, 0) is 6.42 Å². The van der Waals surface area contributed by atoms with Gasteiger partial charge in [-0.1, -0.05) is 17.7 Å². The second-order valence-corrected chi connectivity index (χ2v) is 4.16. The fraction of sp³-hybridized carbons (Fsp3) is 0.400. The molecule has 3 N–H and O–H groups in total. The molecule has 1 aromatic rings. The fourth-order valence-corrected chi connectivity index (χ4v) is 1.52. The minimum Gasteiger partial charge on any atom is -0.398 e. The Labute approximate surface area is 82.3 Å². The molecule has 0 amide bonds. The van der Waals surface area contributed by atoms with Crippen molar-refractivity contribution in [3.8, 4) is 0 Å². The van der Waals surface area contributed by atoms with Gasteiger partial charge in [-0.2, -0.15) is 0 Å². The topological polar surface area (TPSA) is 46.2 Å². The van der Waals surface area contributed by atoms with Crippen LogP contribution in [0, 0.1) is 0 Å². The van der Waals surface area contributed by atoms with E-state index in [1.165, 1.54) is 0 Å². The number of nitrogen functional groups attached to an aromatic ring is 1. The molecule has 2 rings (SSSR count). The van der Waals surface area contributed by atoms with Gasteiger partial charge in [0.1, 0.15) is 0 Å². The van der Waals surface area contributed by atoms with Crippen LogP contribution in [0.3, 0.4) is 0 Å². The van der Waals surface area contributed by atoms with Gasteiger partial charge in [-0.3, -0.25) is 0 Å². The van der Waals surface area contributed by atoms with Crippen molar-refractivity contribution in [2.24, 2.45) is 0 Å². The lowest BCUT2D eigenvalue weighted by Gasteiger charge is -2.08. The van der Waals surface area contributed by atoms with Crippen LogP contribution >= 0.6 is 11.6 Å². The van der Waals surface area contributed by atoms with Gasteiger partial charge in [-0.25, -0.2) is 0 Å². The summed E-state index contributed by atoms with van der Waals surface area (Å²) in [6.07, 6.45) is 2.49. The van der Waals surface area contributed by atoms with Gasteiger partial charge in [0.2, 0.25) is 0 Å². The number of halogens is 1. The third-order valence-electron chi connectivity index (χ3n) is 2.42. The van der Waals surface area contributed by atoms with Gasteiger partial charge in [-0.05, 0) is 30.5 Å². The van der Waals surface area contributed by atoms with Crippen LogP contribution < -0.4 is 5.73 Å². The van der Waals surface area contributed by atoms with Gasteiger partial charge in [0, 0.05) is 6.42 Å². The van der Waals surface area contributed by atoms with E-state index in [1.807, 2.05) is 12.1 Å². The Bertz CT molecular complexity index is 334. The number of hydrogen-bond acceptors (Lipinski definition) is 2. The summed E-state index contributed by atoms with van der Waals surface area (Å²) in [5.74, 6) is 0. The van der Waals surface area contributed by atoms with Crippen molar-refractivity contribution in [3.63, 3.8) is 0 Å². The van der Waals surface area contributed by atoms with E-state index < -0.39 is 5.60 Å². The van der Waals surface area contributed by atoms with Crippen molar-refractivity contribution in [2.45, 2.75) is 24.9 Å². The normalized spacial score (nSPS) is 18.6. The van der Waals surface area contributed by atoms with E-state index in [0.717, 1.165) is 18.4 Å². The highest BCUT2D eigenvalue weighted by molar-refractivity contribution is 6.33. The van der Waals surface area contributed by atoms with E-state index in [9.17, 15) is 5.11 Å². The highest BCUT2D eigenvalue weighted by Gasteiger charge is 2.40. The molecule has 0 saturated heterocycles. The first kappa shape index (κ1) is 8.85. The van der Waals surface area contributed by atoms with Crippen LogP contribution in [0.2, 0.25) is 5.02 Å². The van der Waals surface area contributed by atoms with Gasteiger partial charge < -0.3 is 10.8 Å². The molecular weight excluding hydrogens is 186 g/mol. The molecule has 2 nitrogen and oxygen atoms in total. The Balaban J connectivity index is 2.17. The Morgan fingerprint density at radius 2 is 2.15 bits per heavy atom. The van der Waals surface area contributed by atoms with Crippen LogP contribution in [0.25, 0.3) is 0 Å². The van der Waals surface area contributed by atoms with E-state index >= 15 is 0 Å². The van der Waals surface area contributed by atoms with Crippen molar-refractivity contribution in [1.82, 2.24) is 0 Å². The summed E-state index contributed by atoms with van der Waals surface area (Å²) in [5.41, 5.74) is 6.83. The summed E-state index contributed by atoms with van der Waals surface area (Å²) in [6, 6.07) is 5.52. The lowest BCUT2D eigenvalue weighted by Crippen LogP contribution is -2.10. The van der Waals surface area contributed by atoms with Crippen molar-refractivity contribution >= 4 is 17.3 Å². The van der Waals surface area contributed by atoms with Crippen molar-refractivity contribution in [1.29, 1.82) is 0 Å². The molecule has 0 radical (unpaired) electrons. The molecule has 0 aromatic heterocycles. The molecule has 3 heteroatoms. The van der Waals surface area contributed by atoms with E-state index in [0.29, 0.717) is 17.1 Å². The quantitative estimate of drug-likeness (QED) is 0.713. The molecule has 0 aliphatic heterocycles. The zero-order valence-corrected chi connectivity index (χ0v) is 8.01. The summed E-state index contributed by atoms with van der Waals surface area (Å²) in [5, 5.41) is 10.2. The highest BCUT2D eigenvalue weighted by Crippen LogP contribution is 2.38. The standard InChI is InChI=1S/C10H12ClNO/c11-8-2-1-7(5-9(8)12)6-10(13)3-4-10/h1-2,5,13H,3-4,6,12H2. The molecule has 0 bridgehead atoms. The molecule has 0 atom stereocenters. The van der Waals surface area contributed by atoms with E-state index in [4.69, 9.17) is 17.3 Å². The maximum atomic E-state index is 9.67. The Morgan fingerprint density at radius 3 is 2.69 bits per heavy atom. The number of benzene rings is 1. The zero-order valence-electron chi connectivity index (χ0n) is 7.26. The molecule has 1 aliphatic carbocycles. The lowest BCUT2D eigenvalue weighted by atomic mass is 10.1. The predicted molar refractivity (Wildman–Crippen MR) is 53.8 cm³/mol. The summed E-state index contributed by atoms with van der Waals surface area (Å²) in [6.45, 7) is 0. The molecule has 13 heavy (non-hydrogen) atoms. The van der Waals surface area contributed by atoms with Crippen molar-refractivity contribution in [2.75, 3.05) is 5.73 Å². The number of hydrogen-bond donors (Lipinski definition) is 2. The minimum absolute atomic E-state index is 0.458. The second-order valence-electron chi connectivity index (χ2n) is 3.76. The van der Waals surface area contributed by atoms with E-state index in [2.05, 4.69) is 0 Å². The fourth-order valence-electron chi connectivity index (χ4n) is 1.40. The molecule has 1 saturated carbocycles. The lowest BCUT2D eigenvalue weighted by molar-refractivity contribution is 0.151. The van der Waals surface area contributed by atoms with Gasteiger partial charge in [-0.15, -0.1) is 0 Å². The molecule has 1 aliphatic rings. The summed E-state index contributed by atoms with van der Waals surface area (Å²) < 4.78 is 0. The molecule has 0 heterocycles. The van der Waals surface area contributed by atoms with Gasteiger partial charge in [0.25, 0.3) is 0 Å². The Kier molecular flexibility index (Phi) is 1.97. The van der Waals surface area contributed by atoms with Crippen molar-refractivity contribution in [3.05, 3.63) is 28.8 Å². The van der Waals surface area contributed by atoms with E-state index in [-0.39, 0.29) is 0 Å². The number of rotatable bonds is 2. The Morgan fingerprint density at radius 1 is 1.46 bits per heavy atom. The predicted octanol–water partition coefficient (Wildman–Crippen LogP) is 1.99. The molecule has 1 fully saturated rings. The maximum absolute atomic E-state index is 9.67. The second kappa shape index (κ2) is 2.89. The van der Waals surface area contributed by atoms with Crippen LogP contribution in [-0.4, -0.2) is 10.7 Å². The number of nitrogens with two attached hydrogens (primary N) is 1. The summed E-state index contributed by atoms with van der Waals surface area (Å²) in [7, 11) is 0. The van der Waals surface area contributed by atoms with Gasteiger partial charge in [0.05, 0.1) is 16.3 Å².